The minimum Gasteiger partial charge on any atom is -0.481 e. The number of nitrogens with zero attached hydrogens (tertiary/aromatic N) is 1. The van der Waals surface area contributed by atoms with Gasteiger partial charge >= 0.3 is 11.9 Å². The van der Waals surface area contributed by atoms with Gasteiger partial charge < -0.3 is 36.9 Å². The molecular formula is C21H34N6O7S. The van der Waals surface area contributed by atoms with E-state index in [1.165, 1.54) is 24.3 Å². The van der Waals surface area contributed by atoms with E-state index in [0.717, 1.165) is 0 Å². The van der Waals surface area contributed by atoms with Crippen LogP contribution in [-0.2, 0) is 30.4 Å². The molecule has 1 aromatic heterocycles. The Morgan fingerprint density at radius 3 is 2.14 bits per heavy atom. The van der Waals surface area contributed by atoms with Crippen LogP contribution in [0.2, 0.25) is 0 Å². The molecule has 0 saturated carbocycles. The molecule has 4 unspecified atom stereocenters. The molecule has 4 atom stereocenters. The second-order valence-electron chi connectivity index (χ2n) is 8.42. The predicted molar refractivity (Wildman–Crippen MR) is 128 cm³/mol. The minimum absolute atomic E-state index is 0.0374. The van der Waals surface area contributed by atoms with Gasteiger partial charge in [0.2, 0.25) is 17.7 Å². The second-order valence-corrected chi connectivity index (χ2v) is 9.40. The number of imidazole rings is 1. The van der Waals surface area contributed by atoms with Crippen molar-refractivity contribution in [1.82, 2.24) is 25.9 Å². The van der Waals surface area contributed by atoms with Gasteiger partial charge in [-0.25, -0.2) is 9.78 Å². The predicted octanol–water partition coefficient (Wildman–Crippen LogP) is -0.908. The first-order chi connectivity index (χ1) is 16.4. The largest absolute Gasteiger partial charge is 0.481 e. The standard InChI is InChI=1S/C21H34N6O7S/c1-11(2)6-15(26-18(30)13(22)7-12-9-23-10-24-12)19(31)27-16(8-17(28)29)20(32)25-14(21(33)34)4-5-35-3/h9-11,13-16H,4-8,22H2,1-3H3,(H,23,24)(H,25,32)(H,26,30)(H,27,31)(H,28,29)(H,33,34). The number of rotatable bonds is 16. The second kappa shape index (κ2) is 15.0. The molecule has 0 aliphatic heterocycles. The number of hydrogen-bond donors (Lipinski definition) is 7. The van der Waals surface area contributed by atoms with Crippen molar-refractivity contribution < 1.29 is 34.2 Å². The van der Waals surface area contributed by atoms with Gasteiger partial charge in [0.1, 0.15) is 18.1 Å². The maximum Gasteiger partial charge on any atom is 0.326 e. The first-order valence-corrected chi connectivity index (χ1v) is 12.4. The number of carbonyl (C=O) groups excluding carboxylic acids is 3. The van der Waals surface area contributed by atoms with Gasteiger partial charge in [0, 0.05) is 18.3 Å². The van der Waals surface area contributed by atoms with Crippen molar-refractivity contribution in [2.75, 3.05) is 12.0 Å². The lowest BCUT2D eigenvalue weighted by molar-refractivity contribution is -0.143. The van der Waals surface area contributed by atoms with Gasteiger partial charge in [0.25, 0.3) is 0 Å². The maximum atomic E-state index is 13.0. The minimum atomic E-state index is -1.54. The van der Waals surface area contributed by atoms with E-state index in [-0.39, 0.29) is 25.2 Å². The maximum absolute atomic E-state index is 13.0. The van der Waals surface area contributed by atoms with Crippen LogP contribution in [0, 0.1) is 5.92 Å². The Kier molecular flexibility index (Phi) is 12.8. The molecule has 1 heterocycles. The lowest BCUT2D eigenvalue weighted by Crippen LogP contribution is -2.58. The van der Waals surface area contributed by atoms with Crippen molar-refractivity contribution in [3.8, 4) is 0 Å². The summed E-state index contributed by atoms with van der Waals surface area (Å²) in [7, 11) is 0. The normalized spacial score (nSPS) is 14.4. The molecular weight excluding hydrogens is 480 g/mol. The molecule has 1 rings (SSSR count). The van der Waals surface area contributed by atoms with Crippen LogP contribution in [0.25, 0.3) is 0 Å². The zero-order valence-corrected chi connectivity index (χ0v) is 20.8. The number of aromatic nitrogens is 2. The molecule has 8 N–H and O–H groups in total. The molecule has 0 bridgehead atoms. The number of nitrogens with one attached hydrogen (secondary N) is 4. The fourth-order valence-corrected chi connectivity index (χ4v) is 3.60. The van der Waals surface area contributed by atoms with Gasteiger partial charge in [-0.2, -0.15) is 11.8 Å². The van der Waals surface area contributed by atoms with E-state index in [1.54, 1.807) is 6.26 Å². The highest BCUT2D eigenvalue weighted by molar-refractivity contribution is 7.98. The van der Waals surface area contributed by atoms with Crippen LogP contribution < -0.4 is 21.7 Å². The number of carbonyl (C=O) groups is 5. The summed E-state index contributed by atoms with van der Waals surface area (Å²) in [5, 5.41) is 25.7. The van der Waals surface area contributed by atoms with Crippen molar-refractivity contribution in [2.45, 2.75) is 63.7 Å². The summed E-state index contributed by atoms with van der Waals surface area (Å²) in [6, 6.07) is -4.86. The molecule has 0 aromatic carbocycles. The van der Waals surface area contributed by atoms with Crippen LogP contribution in [0.4, 0.5) is 0 Å². The van der Waals surface area contributed by atoms with Crippen LogP contribution in [0.5, 0.6) is 0 Å². The van der Waals surface area contributed by atoms with E-state index in [0.29, 0.717) is 11.4 Å². The van der Waals surface area contributed by atoms with Crippen molar-refractivity contribution >= 4 is 41.4 Å². The SMILES string of the molecule is CSCCC(NC(=O)C(CC(=O)O)NC(=O)C(CC(C)C)NC(=O)C(N)Cc1cnc[nH]1)C(=O)O. The van der Waals surface area contributed by atoms with Gasteiger partial charge in [-0.15, -0.1) is 0 Å². The first-order valence-electron chi connectivity index (χ1n) is 11.0. The Labute approximate surface area is 207 Å². The smallest absolute Gasteiger partial charge is 0.326 e. The zero-order chi connectivity index (χ0) is 26.5. The van der Waals surface area contributed by atoms with E-state index < -0.39 is 60.2 Å². The van der Waals surface area contributed by atoms with Crippen molar-refractivity contribution in [3.63, 3.8) is 0 Å². The van der Waals surface area contributed by atoms with Gasteiger partial charge in [0.05, 0.1) is 18.8 Å². The van der Waals surface area contributed by atoms with Crippen LogP contribution in [0.15, 0.2) is 12.5 Å². The Balaban J connectivity index is 2.93. The summed E-state index contributed by atoms with van der Waals surface area (Å²) >= 11 is 1.39. The molecule has 0 fully saturated rings. The molecule has 1 aromatic rings. The summed E-state index contributed by atoms with van der Waals surface area (Å²) in [5.41, 5.74) is 6.57. The van der Waals surface area contributed by atoms with E-state index in [9.17, 15) is 34.2 Å². The third-order valence-corrected chi connectivity index (χ3v) is 5.55. The molecule has 0 spiro atoms. The average molecular weight is 515 g/mol. The van der Waals surface area contributed by atoms with Crippen LogP contribution in [-0.4, -0.2) is 86.0 Å². The number of thioether (sulfide) groups is 1. The van der Waals surface area contributed by atoms with E-state index >= 15 is 0 Å². The highest BCUT2D eigenvalue weighted by Gasteiger charge is 2.31. The highest BCUT2D eigenvalue weighted by Crippen LogP contribution is 2.08. The number of nitrogens with two attached hydrogens (primary N) is 1. The number of carboxylic acids is 2. The fourth-order valence-electron chi connectivity index (χ4n) is 3.13. The zero-order valence-electron chi connectivity index (χ0n) is 19.9. The monoisotopic (exact) mass is 514 g/mol. The molecule has 196 valence electrons. The Hall–Kier alpha value is -3.13. The summed E-state index contributed by atoms with van der Waals surface area (Å²) in [5.74, 6) is -4.56. The highest BCUT2D eigenvalue weighted by atomic mass is 32.2. The van der Waals surface area contributed by atoms with Gasteiger partial charge in [0.15, 0.2) is 0 Å². The van der Waals surface area contributed by atoms with Gasteiger partial charge in [-0.1, -0.05) is 13.8 Å². The van der Waals surface area contributed by atoms with Crippen LogP contribution in [0.3, 0.4) is 0 Å². The number of aliphatic carboxylic acids is 2. The number of amides is 3. The summed E-state index contributed by atoms with van der Waals surface area (Å²) < 4.78 is 0. The molecule has 0 radical (unpaired) electrons. The molecule has 0 aliphatic carbocycles. The third kappa shape index (κ3) is 11.2. The van der Waals surface area contributed by atoms with Crippen molar-refractivity contribution in [2.24, 2.45) is 11.7 Å². The fraction of sp³-hybridized carbons (Fsp3) is 0.619. The molecule has 35 heavy (non-hydrogen) atoms. The summed E-state index contributed by atoms with van der Waals surface area (Å²) in [6.07, 6.45) is 4.44. The number of aromatic amines is 1. The molecule has 13 nitrogen and oxygen atoms in total. The van der Waals surface area contributed by atoms with Crippen LogP contribution >= 0.6 is 11.8 Å². The Morgan fingerprint density at radius 2 is 1.63 bits per heavy atom. The average Bonchev–Trinajstić information content (AvgIpc) is 3.27. The molecule has 14 heteroatoms. The van der Waals surface area contributed by atoms with Crippen LogP contribution in [0.1, 0.15) is 38.8 Å². The van der Waals surface area contributed by atoms with E-state index in [4.69, 9.17) is 5.73 Å². The van der Waals surface area contributed by atoms with Gasteiger partial charge in [-0.3, -0.25) is 19.2 Å². The quantitative estimate of drug-likeness (QED) is 0.144. The van der Waals surface area contributed by atoms with E-state index in [2.05, 4.69) is 25.9 Å². The number of hydrogen-bond acceptors (Lipinski definition) is 8. The Bertz CT molecular complexity index is 864. The van der Waals surface area contributed by atoms with Gasteiger partial charge in [-0.05, 0) is 30.8 Å². The molecule has 0 aliphatic rings. The van der Waals surface area contributed by atoms with E-state index in [1.807, 2.05) is 13.8 Å². The Morgan fingerprint density at radius 1 is 1.03 bits per heavy atom. The summed E-state index contributed by atoms with van der Waals surface area (Å²) in [4.78, 5) is 67.7. The lowest BCUT2D eigenvalue weighted by atomic mass is 10.0. The number of H-pyrrole nitrogens is 1. The topological polar surface area (TPSA) is 217 Å². The molecule has 3 amide bonds. The summed E-state index contributed by atoms with van der Waals surface area (Å²) in [6.45, 7) is 3.64. The lowest BCUT2D eigenvalue weighted by Gasteiger charge is -2.25. The third-order valence-electron chi connectivity index (χ3n) is 4.91. The van der Waals surface area contributed by atoms with Crippen molar-refractivity contribution in [1.29, 1.82) is 0 Å². The van der Waals surface area contributed by atoms with Crippen molar-refractivity contribution in [3.05, 3.63) is 18.2 Å². The number of carboxylic acid groups (broad SMARTS) is 2. The first kappa shape index (κ1) is 29.9. The molecule has 0 saturated heterocycles.